The van der Waals surface area contributed by atoms with E-state index in [9.17, 15) is 18.4 Å². The Bertz CT molecular complexity index is 1100. The van der Waals surface area contributed by atoms with Crippen LogP contribution >= 0.6 is 34.8 Å². The summed E-state index contributed by atoms with van der Waals surface area (Å²) >= 11 is 18.8. The minimum Gasteiger partial charge on any atom is -0.349 e. The summed E-state index contributed by atoms with van der Waals surface area (Å²) in [7, 11) is 0. The third-order valence-corrected chi connectivity index (χ3v) is 7.32. The van der Waals surface area contributed by atoms with Crippen LogP contribution in [0.1, 0.15) is 47.2 Å². The van der Waals surface area contributed by atoms with Crippen LogP contribution in [0.3, 0.4) is 0 Å². The average molecular weight is 502 g/mol. The van der Waals surface area contributed by atoms with E-state index in [2.05, 4.69) is 10.6 Å². The number of benzene rings is 2. The van der Waals surface area contributed by atoms with Crippen molar-refractivity contribution in [3.05, 3.63) is 63.9 Å². The average Bonchev–Trinajstić information content (AvgIpc) is 3.26. The number of nitrogens with one attached hydrogen (secondary N) is 2. The van der Waals surface area contributed by atoms with Gasteiger partial charge < -0.3 is 10.6 Å². The third-order valence-electron chi connectivity index (χ3n) is 6.05. The Morgan fingerprint density at radius 3 is 2.44 bits per heavy atom. The van der Waals surface area contributed by atoms with Gasteiger partial charge in [-0.25, -0.2) is 8.78 Å². The second kappa shape index (κ2) is 8.15. The first kappa shape index (κ1) is 23.3. The van der Waals surface area contributed by atoms with Gasteiger partial charge in [0, 0.05) is 30.5 Å². The van der Waals surface area contributed by atoms with Crippen molar-refractivity contribution in [1.82, 2.24) is 5.32 Å². The zero-order valence-electron chi connectivity index (χ0n) is 17.3. The predicted octanol–water partition coefficient (Wildman–Crippen LogP) is 5.93. The van der Waals surface area contributed by atoms with Crippen molar-refractivity contribution in [3.8, 4) is 0 Å². The Kier molecular flexibility index (Phi) is 5.93. The van der Waals surface area contributed by atoms with Crippen LogP contribution in [0.15, 0.2) is 36.4 Å². The van der Waals surface area contributed by atoms with E-state index in [4.69, 9.17) is 34.8 Å². The largest absolute Gasteiger partial charge is 0.349 e. The molecule has 32 heavy (non-hydrogen) atoms. The number of anilines is 1. The van der Waals surface area contributed by atoms with Crippen molar-refractivity contribution >= 4 is 52.3 Å². The maximum atomic E-state index is 14.0. The fourth-order valence-corrected chi connectivity index (χ4v) is 5.23. The summed E-state index contributed by atoms with van der Waals surface area (Å²) in [5, 5.41) is 5.64. The fraction of sp³-hybridized carbons (Fsp3) is 0.391. The Hall–Kier alpha value is -1.89. The Morgan fingerprint density at radius 1 is 1.12 bits per heavy atom. The quantitative estimate of drug-likeness (QED) is 0.499. The molecule has 4 nitrogen and oxygen atoms in total. The molecule has 0 aliphatic heterocycles. The van der Waals surface area contributed by atoms with E-state index in [1.54, 1.807) is 25.1 Å². The molecule has 0 heterocycles. The molecule has 4 rings (SSSR count). The highest BCUT2D eigenvalue weighted by Crippen LogP contribution is 2.65. The van der Waals surface area contributed by atoms with Crippen LogP contribution in [-0.2, 0) is 4.79 Å². The van der Waals surface area contributed by atoms with E-state index in [-0.39, 0.29) is 29.5 Å². The van der Waals surface area contributed by atoms with Crippen LogP contribution < -0.4 is 10.6 Å². The molecule has 2 unspecified atom stereocenters. The highest BCUT2D eigenvalue weighted by atomic mass is 35.5. The van der Waals surface area contributed by atoms with Gasteiger partial charge in [0.15, 0.2) is 0 Å². The zero-order chi connectivity index (χ0) is 23.4. The molecule has 2 atom stereocenters. The molecule has 0 radical (unpaired) electrons. The lowest BCUT2D eigenvalue weighted by atomic mass is 9.79. The second-order valence-electron chi connectivity index (χ2n) is 8.81. The second-order valence-corrected chi connectivity index (χ2v) is 10.7. The SMILES string of the molecule is Cc1ccc(C2C(C(=O)Nc3ccc(Cl)c(C(=O)NC4CC(C)(F)C4)c3)C2(Cl)Cl)cc1F. The van der Waals surface area contributed by atoms with Gasteiger partial charge in [-0.05, 0) is 49.2 Å². The highest BCUT2D eigenvalue weighted by Gasteiger charge is 2.67. The van der Waals surface area contributed by atoms with Crippen molar-refractivity contribution in [3.63, 3.8) is 0 Å². The molecule has 0 aromatic heterocycles. The minimum absolute atomic E-state index is 0.160. The van der Waals surface area contributed by atoms with Crippen LogP contribution in [0, 0.1) is 18.7 Å². The van der Waals surface area contributed by atoms with E-state index in [1.807, 2.05) is 0 Å². The number of aryl methyl sites for hydroxylation is 1. The summed E-state index contributed by atoms with van der Waals surface area (Å²) in [6.07, 6.45) is 0.478. The lowest BCUT2D eigenvalue weighted by Crippen LogP contribution is -2.51. The molecule has 170 valence electrons. The Balaban J connectivity index is 1.46. The topological polar surface area (TPSA) is 58.2 Å². The molecule has 2 aliphatic carbocycles. The van der Waals surface area contributed by atoms with Gasteiger partial charge in [-0.15, -0.1) is 23.2 Å². The molecule has 0 saturated heterocycles. The van der Waals surface area contributed by atoms with E-state index < -0.39 is 39.5 Å². The predicted molar refractivity (Wildman–Crippen MR) is 122 cm³/mol. The molecule has 2 aliphatic rings. The summed E-state index contributed by atoms with van der Waals surface area (Å²) in [5.74, 6) is -2.66. The molecule has 2 aromatic rings. The number of carbonyl (C=O) groups excluding carboxylic acids is 2. The normalized spacial score (nSPS) is 27.9. The van der Waals surface area contributed by atoms with E-state index in [1.165, 1.54) is 25.1 Å². The number of amides is 2. The summed E-state index contributed by atoms with van der Waals surface area (Å²) in [4.78, 5) is 25.4. The molecule has 2 fully saturated rings. The smallest absolute Gasteiger partial charge is 0.253 e. The third kappa shape index (κ3) is 4.45. The molecule has 0 spiro atoms. The molecule has 2 N–H and O–H groups in total. The molecule has 2 aromatic carbocycles. The van der Waals surface area contributed by atoms with Crippen LogP contribution in [0.2, 0.25) is 5.02 Å². The number of carbonyl (C=O) groups is 2. The lowest BCUT2D eigenvalue weighted by molar-refractivity contribution is -0.117. The Labute approximate surface area is 199 Å². The molecule has 2 amide bonds. The van der Waals surface area contributed by atoms with Crippen LogP contribution in [-0.4, -0.2) is 27.9 Å². The van der Waals surface area contributed by atoms with Gasteiger partial charge in [-0.1, -0.05) is 23.7 Å². The summed E-state index contributed by atoms with van der Waals surface area (Å²) in [6.45, 7) is 3.13. The van der Waals surface area contributed by atoms with Crippen molar-refractivity contribution < 1.29 is 18.4 Å². The van der Waals surface area contributed by atoms with Gasteiger partial charge in [-0.2, -0.15) is 0 Å². The van der Waals surface area contributed by atoms with Gasteiger partial charge in [0.05, 0.1) is 16.5 Å². The molecular weight excluding hydrogens is 481 g/mol. The first-order valence-electron chi connectivity index (χ1n) is 10.1. The number of hydrogen-bond acceptors (Lipinski definition) is 2. The van der Waals surface area contributed by atoms with Crippen molar-refractivity contribution in [2.24, 2.45) is 5.92 Å². The highest BCUT2D eigenvalue weighted by molar-refractivity contribution is 6.53. The number of alkyl halides is 3. The van der Waals surface area contributed by atoms with Gasteiger partial charge in [-0.3, -0.25) is 9.59 Å². The molecule has 0 bridgehead atoms. The summed E-state index contributed by atoms with van der Waals surface area (Å²) < 4.78 is 26.3. The maximum absolute atomic E-state index is 14.0. The van der Waals surface area contributed by atoms with Gasteiger partial charge >= 0.3 is 0 Å². The van der Waals surface area contributed by atoms with Gasteiger partial charge in [0.2, 0.25) is 5.91 Å². The van der Waals surface area contributed by atoms with E-state index in [0.717, 1.165) is 0 Å². The van der Waals surface area contributed by atoms with Gasteiger partial charge in [0.1, 0.15) is 15.8 Å². The van der Waals surface area contributed by atoms with Crippen LogP contribution in [0.25, 0.3) is 0 Å². The van der Waals surface area contributed by atoms with Crippen molar-refractivity contribution in [2.45, 2.75) is 48.7 Å². The minimum atomic E-state index is -1.37. The van der Waals surface area contributed by atoms with Crippen LogP contribution in [0.5, 0.6) is 0 Å². The van der Waals surface area contributed by atoms with Crippen molar-refractivity contribution in [2.75, 3.05) is 5.32 Å². The molecule has 2 saturated carbocycles. The lowest BCUT2D eigenvalue weighted by Gasteiger charge is -2.39. The first-order chi connectivity index (χ1) is 14.9. The van der Waals surface area contributed by atoms with E-state index in [0.29, 0.717) is 16.8 Å². The van der Waals surface area contributed by atoms with Crippen LogP contribution in [0.4, 0.5) is 14.5 Å². The van der Waals surface area contributed by atoms with E-state index >= 15 is 0 Å². The molecule has 9 heteroatoms. The number of halogens is 5. The maximum Gasteiger partial charge on any atom is 0.253 e. The Morgan fingerprint density at radius 2 is 1.81 bits per heavy atom. The monoisotopic (exact) mass is 500 g/mol. The molecular formula is C23H21Cl3F2N2O2. The zero-order valence-corrected chi connectivity index (χ0v) is 19.6. The first-order valence-corrected chi connectivity index (χ1v) is 11.3. The number of hydrogen-bond donors (Lipinski definition) is 2. The summed E-state index contributed by atoms with van der Waals surface area (Å²) in [5.41, 5.74) is 0.241. The standard InChI is InChI=1S/C23H21Cl3F2N2O2/c1-11-3-4-12(7-17(11)27)18-19(23(18,25)26)21(32)29-13-5-6-16(24)15(8-13)20(31)30-14-9-22(2,28)10-14/h3-8,14,18-19H,9-10H2,1-2H3,(H,29,32)(H,30,31). The van der Waals surface area contributed by atoms with Crippen molar-refractivity contribution in [1.29, 1.82) is 0 Å². The van der Waals surface area contributed by atoms with Gasteiger partial charge in [0.25, 0.3) is 5.91 Å². The summed E-state index contributed by atoms with van der Waals surface area (Å²) in [6, 6.07) is 8.85. The number of rotatable bonds is 5. The fourth-order valence-electron chi connectivity index (χ4n) is 4.20.